The lowest BCUT2D eigenvalue weighted by molar-refractivity contribution is -0.384. The van der Waals surface area contributed by atoms with Crippen molar-refractivity contribution in [3.05, 3.63) is 28.4 Å². The molecule has 1 N–H and O–H groups in total. The fourth-order valence-corrected chi connectivity index (χ4v) is 2.45. The Morgan fingerprint density at radius 3 is 3.11 bits per heavy atom. The molecule has 2 heterocycles. The minimum atomic E-state index is -0.831. The SMILES string of the molecule is O=C(O)CC1CCCN(c2ncccc2[N+](=O)[O-])C1. The first kappa shape index (κ1) is 13.3. The molecule has 102 valence electrons. The van der Waals surface area contributed by atoms with Crippen LogP contribution in [0.25, 0.3) is 0 Å². The predicted molar refractivity (Wildman–Crippen MR) is 68.1 cm³/mol. The molecule has 2 rings (SSSR count). The standard InChI is InChI=1S/C12H15N3O4/c16-11(17)7-9-3-2-6-14(8-9)12-10(15(18)19)4-1-5-13-12/h1,4-5,9H,2-3,6-8H2,(H,16,17). The number of aliphatic carboxylic acids is 1. The van der Waals surface area contributed by atoms with Crippen LogP contribution in [0.5, 0.6) is 0 Å². The van der Waals surface area contributed by atoms with E-state index in [1.807, 2.05) is 4.90 Å². The first-order chi connectivity index (χ1) is 9.08. The number of aromatic nitrogens is 1. The van der Waals surface area contributed by atoms with Gasteiger partial charge in [-0.3, -0.25) is 14.9 Å². The van der Waals surface area contributed by atoms with Gasteiger partial charge in [0.1, 0.15) is 0 Å². The van der Waals surface area contributed by atoms with E-state index in [9.17, 15) is 14.9 Å². The van der Waals surface area contributed by atoms with Gasteiger partial charge in [-0.15, -0.1) is 0 Å². The fourth-order valence-electron chi connectivity index (χ4n) is 2.45. The second kappa shape index (κ2) is 5.64. The van der Waals surface area contributed by atoms with Gasteiger partial charge in [0, 0.05) is 31.8 Å². The number of piperidine rings is 1. The summed E-state index contributed by atoms with van der Waals surface area (Å²) >= 11 is 0. The Hall–Kier alpha value is -2.18. The van der Waals surface area contributed by atoms with E-state index in [4.69, 9.17) is 5.11 Å². The summed E-state index contributed by atoms with van der Waals surface area (Å²) < 4.78 is 0. The number of carboxylic acids is 1. The van der Waals surface area contributed by atoms with Crippen LogP contribution in [-0.2, 0) is 4.79 Å². The summed E-state index contributed by atoms with van der Waals surface area (Å²) in [5, 5.41) is 19.8. The van der Waals surface area contributed by atoms with Crippen LogP contribution in [0.15, 0.2) is 18.3 Å². The third-order valence-corrected chi connectivity index (χ3v) is 3.24. The summed E-state index contributed by atoms with van der Waals surface area (Å²) in [6.07, 6.45) is 3.27. The monoisotopic (exact) mass is 265 g/mol. The Balaban J connectivity index is 2.17. The van der Waals surface area contributed by atoms with Crippen LogP contribution in [-0.4, -0.2) is 34.1 Å². The molecule has 19 heavy (non-hydrogen) atoms. The molecule has 1 saturated heterocycles. The van der Waals surface area contributed by atoms with Crippen LogP contribution in [0.1, 0.15) is 19.3 Å². The van der Waals surface area contributed by atoms with Gasteiger partial charge in [0.25, 0.3) is 0 Å². The summed E-state index contributed by atoms with van der Waals surface area (Å²) in [7, 11) is 0. The Kier molecular flexibility index (Phi) is 3.94. The van der Waals surface area contributed by atoms with Gasteiger partial charge in [-0.1, -0.05) is 0 Å². The summed E-state index contributed by atoms with van der Waals surface area (Å²) in [5.74, 6) is -0.474. The normalized spacial score (nSPS) is 19.2. The Bertz CT molecular complexity index is 492. The summed E-state index contributed by atoms with van der Waals surface area (Å²) in [5.41, 5.74) is -0.0292. The van der Waals surface area contributed by atoms with Crippen molar-refractivity contribution in [1.82, 2.24) is 4.98 Å². The maximum Gasteiger partial charge on any atom is 0.311 e. The number of carbonyl (C=O) groups is 1. The lowest BCUT2D eigenvalue weighted by Gasteiger charge is -2.32. The number of carboxylic acid groups (broad SMARTS) is 1. The van der Waals surface area contributed by atoms with Crippen molar-refractivity contribution in [1.29, 1.82) is 0 Å². The molecule has 1 aliphatic rings. The maximum atomic E-state index is 11.0. The molecular formula is C12H15N3O4. The third-order valence-electron chi connectivity index (χ3n) is 3.24. The van der Waals surface area contributed by atoms with E-state index in [1.165, 1.54) is 18.3 Å². The number of rotatable bonds is 4. The molecule has 0 aliphatic carbocycles. The van der Waals surface area contributed by atoms with Crippen molar-refractivity contribution < 1.29 is 14.8 Å². The Labute approximate surface area is 110 Å². The number of hydrogen-bond acceptors (Lipinski definition) is 5. The average molecular weight is 265 g/mol. The largest absolute Gasteiger partial charge is 0.481 e. The van der Waals surface area contributed by atoms with Gasteiger partial charge in [-0.25, -0.2) is 4.98 Å². The first-order valence-electron chi connectivity index (χ1n) is 6.14. The molecule has 0 saturated carbocycles. The minimum Gasteiger partial charge on any atom is -0.481 e. The highest BCUT2D eigenvalue weighted by Gasteiger charge is 2.27. The van der Waals surface area contributed by atoms with E-state index in [2.05, 4.69) is 4.98 Å². The molecule has 0 aromatic carbocycles. The molecule has 1 aromatic heterocycles. The van der Waals surface area contributed by atoms with Gasteiger partial charge in [-0.05, 0) is 24.8 Å². The van der Waals surface area contributed by atoms with Crippen LogP contribution >= 0.6 is 0 Å². The molecule has 1 aromatic rings. The minimum absolute atomic E-state index is 0.0212. The maximum absolute atomic E-state index is 11.0. The zero-order valence-electron chi connectivity index (χ0n) is 10.4. The average Bonchev–Trinajstić information content (AvgIpc) is 2.38. The van der Waals surface area contributed by atoms with Crippen LogP contribution in [0, 0.1) is 16.0 Å². The van der Waals surface area contributed by atoms with E-state index in [-0.39, 0.29) is 18.0 Å². The van der Waals surface area contributed by atoms with Crippen LogP contribution in [0.3, 0.4) is 0 Å². The Morgan fingerprint density at radius 1 is 1.63 bits per heavy atom. The van der Waals surface area contributed by atoms with Gasteiger partial charge < -0.3 is 10.0 Å². The highest BCUT2D eigenvalue weighted by molar-refractivity contribution is 5.67. The van der Waals surface area contributed by atoms with Gasteiger partial charge in [0.2, 0.25) is 5.82 Å². The number of hydrogen-bond donors (Lipinski definition) is 1. The molecule has 0 bridgehead atoms. The predicted octanol–water partition coefficient (Wildman–Crippen LogP) is 1.68. The zero-order valence-corrected chi connectivity index (χ0v) is 10.4. The molecular weight excluding hydrogens is 250 g/mol. The smallest absolute Gasteiger partial charge is 0.311 e. The third kappa shape index (κ3) is 3.18. The number of nitro groups is 1. The van der Waals surface area contributed by atoms with Gasteiger partial charge in [0.15, 0.2) is 0 Å². The van der Waals surface area contributed by atoms with Gasteiger partial charge in [-0.2, -0.15) is 0 Å². The quantitative estimate of drug-likeness (QED) is 0.657. The molecule has 1 atom stereocenters. The summed E-state index contributed by atoms with van der Waals surface area (Å²) in [6.45, 7) is 1.18. The molecule has 0 radical (unpaired) electrons. The van der Waals surface area contributed by atoms with Gasteiger partial charge >= 0.3 is 11.7 Å². The van der Waals surface area contributed by atoms with E-state index >= 15 is 0 Å². The molecule has 1 fully saturated rings. The Morgan fingerprint density at radius 2 is 2.42 bits per heavy atom. The van der Waals surface area contributed by atoms with Crippen LogP contribution in [0.4, 0.5) is 11.5 Å². The molecule has 7 heteroatoms. The number of nitrogens with zero attached hydrogens (tertiary/aromatic N) is 3. The molecule has 0 amide bonds. The highest BCUT2D eigenvalue weighted by atomic mass is 16.6. The van der Waals surface area contributed by atoms with Crippen molar-refractivity contribution in [3.63, 3.8) is 0 Å². The topological polar surface area (TPSA) is 96.6 Å². The fraction of sp³-hybridized carbons (Fsp3) is 0.500. The van der Waals surface area contributed by atoms with Crippen molar-refractivity contribution in [3.8, 4) is 0 Å². The molecule has 0 spiro atoms. The van der Waals surface area contributed by atoms with Crippen molar-refractivity contribution >= 4 is 17.5 Å². The summed E-state index contributed by atoms with van der Waals surface area (Å²) in [6, 6.07) is 2.95. The second-order valence-electron chi connectivity index (χ2n) is 4.66. The lowest BCUT2D eigenvalue weighted by atomic mass is 9.95. The van der Waals surface area contributed by atoms with E-state index in [0.717, 1.165) is 12.8 Å². The molecule has 7 nitrogen and oxygen atoms in total. The number of anilines is 1. The number of pyridine rings is 1. The lowest BCUT2D eigenvalue weighted by Crippen LogP contribution is -2.37. The van der Waals surface area contributed by atoms with Crippen molar-refractivity contribution in [2.75, 3.05) is 18.0 Å². The van der Waals surface area contributed by atoms with Crippen molar-refractivity contribution in [2.45, 2.75) is 19.3 Å². The van der Waals surface area contributed by atoms with Gasteiger partial charge in [0.05, 0.1) is 4.92 Å². The van der Waals surface area contributed by atoms with Crippen LogP contribution in [0.2, 0.25) is 0 Å². The zero-order chi connectivity index (χ0) is 13.8. The molecule has 1 unspecified atom stereocenters. The first-order valence-corrected chi connectivity index (χ1v) is 6.14. The van der Waals surface area contributed by atoms with E-state index in [1.54, 1.807) is 0 Å². The highest BCUT2D eigenvalue weighted by Crippen LogP contribution is 2.29. The van der Waals surface area contributed by atoms with E-state index < -0.39 is 10.9 Å². The second-order valence-corrected chi connectivity index (χ2v) is 4.66. The summed E-state index contributed by atoms with van der Waals surface area (Å²) in [4.78, 5) is 27.1. The molecule has 1 aliphatic heterocycles. The van der Waals surface area contributed by atoms with Crippen LogP contribution < -0.4 is 4.90 Å². The van der Waals surface area contributed by atoms with Crippen molar-refractivity contribution in [2.24, 2.45) is 5.92 Å². The van der Waals surface area contributed by atoms with E-state index in [0.29, 0.717) is 18.9 Å².